The number of aryl methyl sites for hydroxylation is 1. The number of hydrogen-bond acceptors (Lipinski definition) is 6. The Morgan fingerprint density at radius 3 is 2.38 bits per heavy atom. The molecule has 2 heterocycles. The van der Waals surface area contributed by atoms with Crippen LogP contribution in [0.5, 0.6) is 11.5 Å². The van der Waals surface area contributed by atoms with Crippen LogP contribution in [0.1, 0.15) is 23.1 Å². The van der Waals surface area contributed by atoms with Gasteiger partial charge < -0.3 is 19.4 Å². The van der Waals surface area contributed by atoms with Gasteiger partial charge in [0.25, 0.3) is 5.56 Å². The van der Waals surface area contributed by atoms with Gasteiger partial charge in [0.2, 0.25) is 0 Å². The molecule has 1 saturated heterocycles. The van der Waals surface area contributed by atoms with Crippen molar-refractivity contribution in [3.63, 3.8) is 0 Å². The zero-order chi connectivity index (χ0) is 22.9. The van der Waals surface area contributed by atoms with Crippen LogP contribution in [-0.2, 0) is 22.9 Å². The number of sulfone groups is 1. The van der Waals surface area contributed by atoms with E-state index >= 15 is 0 Å². The van der Waals surface area contributed by atoms with E-state index in [9.17, 15) is 13.2 Å². The van der Waals surface area contributed by atoms with Gasteiger partial charge in [0.05, 0.1) is 37.8 Å². The van der Waals surface area contributed by atoms with Crippen molar-refractivity contribution in [2.24, 2.45) is 0 Å². The summed E-state index contributed by atoms with van der Waals surface area (Å²) in [5, 5.41) is 4.11. The number of benzene rings is 2. The summed E-state index contributed by atoms with van der Waals surface area (Å²) < 4.78 is 36.2. The minimum Gasteiger partial charge on any atom is -0.493 e. The van der Waals surface area contributed by atoms with Crippen LogP contribution in [0, 0.1) is 6.92 Å². The number of fused-ring (bicyclic) bond motifs is 1. The molecule has 1 fully saturated rings. The van der Waals surface area contributed by atoms with Gasteiger partial charge in [-0.1, -0.05) is 29.8 Å². The lowest BCUT2D eigenvalue weighted by atomic mass is 10.1. The fourth-order valence-corrected chi connectivity index (χ4v) is 5.84. The summed E-state index contributed by atoms with van der Waals surface area (Å²) >= 11 is 0. The lowest BCUT2D eigenvalue weighted by molar-refractivity contribution is 0.355. The van der Waals surface area contributed by atoms with Crippen LogP contribution in [0.2, 0.25) is 0 Å². The van der Waals surface area contributed by atoms with Crippen LogP contribution in [0.4, 0.5) is 0 Å². The van der Waals surface area contributed by atoms with Crippen LogP contribution in [0.15, 0.2) is 47.3 Å². The van der Waals surface area contributed by atoms with Crippen LogP contribution < -0.4 is 20.3 Å². The highest BCUT2D eigenvalue weighted by molar-refractivity contribution is 7.91. The Morgan fingerprint density at radius 2 is 1.75 bits per heavy atom. The molecular weight excluding hydrogens is 428 g/mol. The SMILES string of the molecule is COc1cc2cc(CN[C@H]3CCS(=O)(=O)C3)c(=O)n(Cc3ccc(C)cc3)c2cc1OC. The molecule has 0 unspecified atom stereocenters. The summed E-state index contributed by atoms with van der Waals surface area (Å²) in [5.41, 5.74) is 3.39. The van der Waals surface area contributed by atoms with Gasteiger partial charge in [0, 0.05) is 29.6 Å². The molecule has 1 aromatic heterocycles. The normalized spacial score (nSPS) is 17.5. The molecule has 0 radical (unpaired) electrons. The maximum Gasteiger partial charge on any atom is 0.255 e. The summed E-state index contributed by atoms with van der Waals surface area (Å²) in [5.74, 6) is 1.45. The van der Waals surface area contributed by atoms with Gasteiger partial charge in [0.15, 0.2) is 21.3 Å². The molecule has 8 heteroatoms. The van der Waals surface area contributed by atoms with Crippen molar-refractivity contribution in [2.75, 3.05) is 25.7 Å². The number of ether oxygens (including phenoxy) is 2. The van der Waals surface area contributed by atoms with E-state index in [4.69, 9.17) is 9.47 Å². The maximum absolute atomic E-state index is 13.5. The zero-order valence-corrected chi connectivity index (χ0v) is 19.4. The molecule has 0 saturated carbocycles. The van der Waals surface area contributed by atoms with E-state index in [-0.39, 0.29) is 23.1 Å². The Bertz CT molecular complexity index is 1300. The number of rotatable bonds is 7. The number of aromatic nitrogens is 1. The fraction of sp³-hybridized carbons (Fsp3) is 0.375. The molecule has 32 heavy (non-hydrogen) atoms. The van der Waals surface area contributed by atoms with Gasteiger partial charge >= 0.3 is 0 Å². The predicted octanol–water partition coefficient (Wildman–Crippen LogP) is 2.65. The van der Waals surface area contributed by atoms with E-state index in [2.05, 4.69) is 5.32 Å². The topological polar surface area (TPSA) is 86.6 Å². The Balaban J connectivity index is 1.77. The van der Waals surface area contributed by atoms with Crippen LogP contribution in [0.3, 0.4) is 0 Å². The highest BCUT2D eigenvalue weighted by Gasteiger charge is 2.27. The van der Waals surface area contributed by atoms with Crippen molar-refractivity contribution >= 4 is 20.7 Å². The molecular formula is C24H28N2O5S. The third-order valence-corrected chi connectivity index (χ3v) is 7.72. The van der Waals surface area contributed by atoms with E-state index in [1.807, 2.05) is 49.4 Å². The first kappa shape index (κ1) is 22.4. The molecule has 2 aromatic carbocycles. The molecule has 0 aliphatic carbocycles. The molecule has 170 valence electrons. The Labute approximate surface area is 187 Å². The van der Waals surface area contributed by atoms with Crippen molar-refractivity contribution in [1.29, 1.82) is 0 Å². The third-order valence-electron chi connectivity index (χ3n) is 5.95. The summed E-state index contributed by atoms with van der Waals surface area (Å²) in [6.07, 6.45) is 0.568. The second kappa shape index (κ2) is 8.96. The van der Waals surface area contributed by atoms with Crippen molar-refractivity contribution in [1.82, 2.24) is 9.88 Å². The standard InChI is InChI=1S/C24H28N2O5S/c1-16-4-6-17(7-5-16)14-26-21-12-23(31-3)22(30-2)11-18(21)10-19(24(26)27)13-25-20-8-9-32(28,29)15-20/h4-7,10-12,20,25H,8-9,13-15H2,1-3H3/t20-/m0/s1. The lowest BCUT2D eigenvalue weighted by Crippen LogP contribution is -2.33. The number of hydrogen-bond donors (Lipinski definition) is 1. The molecule has 1 aliphatic heterocycles. The second-order valence-corrected chi connectivity index (χ2v) is 10.5. The van der Waals surface area contributed by atoms with Gasteiger partial charge in [-0.25, -0.2) is 8.42 Å². The van der Waals surface area contributed by atoms with E-state index in [1.54, 1.807) is 18.8 Å². The molecule has 0 bridgehead atoms. The summed E-state index contributed by atoms with van der Waals surface area (Å²) in [6.45, 7) is 2.74. The molecule has 1 atom stereocenters. The third kappa shape index (κ3) is 4.66. The fourth-order valence-electron chi connectivity index (χ4n) is 4.14. The summed E-state index contributed by atoms with van der Waals surface area (Å²) in [7, 11) is 0.158. The maximum atomic E-state index is 13.5. The Kier molecular flexibility index (Phi) is 6.26. The van der Waals surface area contributed by atoms with Crippen molar-refractivity contribution in [2.45, 2.75) is 32.5 Å². The zero-order valence-electron chi connectivity index (χ0n) is 18.6. The molecule has 0 amide bonds. The van der Waals surface area contributed by atoms with Crippen LogP contribution in [0.25, 0.3) is 10.9 Å². The molecule has 4 rings (SSSR count). The first-order valence-corrected chi connectivity index (χ1v) is 12.4. The smallest absolute Gasteiger partial charge is 0.255 e. The molecule has 1 aliphatic rings. The summed E-state index contributed by atoms with van der Waals surface area (Å²) in [6, 6.07) is 13.5. The number of nitrogens with one attached hydrogen (secondary N) is 1. The van der Waals surface area contributed by atoms with Gasteiger partial charge in [-0.05, 0) is 31.0 Å². The van der Waals surface area contributed by atoms with Gasteiger partial charge in [-0.3, -0.25) is 4.79 Å². The van der Waals surface area contributed by atoms with E-state index in [0.29, 0.717) is 36.6 Å². The average Bonchev–Trinajstić information content (AvgIpc) is 3.13. The van der Waals surface area contributed by atoms with Crippen LogP contribution in [-0.4, -0.2) is 44.8 Å². The first-order chi connectivity index (χ1) is 15.3. The Morgan fingerprint density at radius 1 is 1.06 bits per heavy atom. The second-order valence-electron chi connectivity index (χ2n) is 8.29. The number of methoxy groups -OCH3 is 2. The van der Waals surface area contributed by atoms with E-state index in [1.165, 1.54) is 0 Å². The number of pyridine rings is 1. The Hall–Kier alpha value is -2.84. The lowest BCUT2D eigenvalue weighted by Gasteiger charge is -2.17. The van der Waals surface area contributed by atoms with Crippen LogP contribution >= 0.6 is 0 Å². The number of nitrogens with zero attached hydrogens (tertiary/aromatic N) is 1. The quantitative estimate of drug-likeness (QED) is 0.588. The van der Waals surface area contributed by atoms with Gasteiger partial charge in [0.1, 0.15) is 0 Å². The molecule has 7 nitrogen and oxygen atoms in total. The first-order valence-electron chi connectivity index (χ1n) is 10.6. The predicted molar refractivity (Wildman–Crippen MR) is 125 cm³/mol. The highest BCUT2D eigenvalue weighted by atomic mass is 32.2. The molecule has 3 aromatic rings. The monoisotopic (exact) mass is 456 g/mol. The van der Waals surface area contributed by atoms with Crippen molar-refractivity contribution in [3.8, 4) is 11.5 Å². The average molecular weight is 457 g/mol. The van der Waals surface area contributed by atoms with Gasteiger partial charge in [-0.15, -0.1) is 0 Å². The van der Waals surface area contributed by atoms with E-state index in [0.717, 1.165) is 22.0 Å². The van der Waals surface area contributed by atoms with Crippen molar-refractivity contribution < 1.29 is 17.9 Å². The van der Waals surface area contributed by atoms with Gasteiger partial charge in [-0.2, -0.15) is 0 Å². The largest absolute Gasteiger partial charge is 0.493 e. The summed E-state index contributed by atoms with van der Waals surface area (Å²) in [4.78, 5) is 13.5. The molecule has 1 N–H and O–H groups in total. The molecule has 0 spiro atoms. The van der Waals surface area contributed by atoms with E-state index < -0.39 is 9.84 Å². The van der Waals surface area contributed by atoms with Crippen molar-refractivity contribution in [3.05, 3.63) is 69.5 Å². The minimum atomic E-state index is -2.99. The minimum absolute atomic E-state index is 0.112. The highest BCUT2D eigenvalue weighted by Crippen LogP contribution is 2.32.